The van der Waals surface area contributed by atoms with Gasteiger partial charge in [-0.3, -0.25) is 0 Å². The number of pyridine rings is 1. The monoisotopic (exact) mass is 252 g/mol. The first-order valence-corrected chi connectivity index (χ1v) is 6.92. The van der Waals surface area contributed by atoms with Crippen LogP contribution in [0.5, 0.6) is 0 Å². The highest BCUT2D eigenvalue weighted by molar-refractivity contribution is 7.99. The van der Waals surface area contributed by atoms with Crippen molar-refractivity contribution in [2.24, 2.45) is 5.92 Å². The number of thioether (sulfide) groups is 1. The maximum atomic E-state index is 10.6. The third-order valence-electron chi connectivity index (χ3n) is 2.92. The van der Waals surface area contributed by atoms with E-state index < -0.39 is 5.97 Å². The van der Waals surface area contributed by atoms with Gasteiger partial charge in [0.1, 0.15) is 5.69 Å². The molecule has 0 spiro atoms. The molecule has 1 saturated heterocycles. The van der Waals surface area contributed by atoms with E-state index in [2.05, 4.69) is 10.3 Å². The molecular weight excluding hydrogens is 236 g/mol. The molecule has 1 aromatic heterocycles. The number of aromatic nitrogens is 1. The number of hydrogen-bond acceptors (Lipinski definition) is 4. The number of anilines is 1. The van der Waals surface area contributed by atoms with E-state index in [4.69, 9.17) is 5.11 Å². The molecule has 2 N–H and O–H groups in total. The Morgan fingerprint density at radius 3 is 2.82 bits per heavy atom. The molecule has 1 fully saturated rings. The van der Waals surface area contributed by atoms with Crippen LogP contribution in [0, 0.1) is 5.92 Å². The zero-order chi connectivity index (χ0) is 12.1. The Labute approximate surface area is 105 Å². The second-order valence-electron chi connectivity index (χ2n) is 4.17. The number of carbonyl (C=O) groups is 1. The van der Waals surface area contributed by atoms with E-state index in [1.165, 1.54) is 30.4 Å². The van der Waals surface area contributed by atoms with Gasteiger partial charge >= 0.3 is 5.97 Å². The summed E-state index contributed by atoms with van der Waals surface area (Å²) in [7, 11) is 0. The van der Waals surface area contributed by atoms with Gasteiger partial charge in [-0.2, -0.15) is 11.8 Å². The van der Waals surface area contributed by atoms with Crippen LogP contribution in [0.3, 0.4) is 0 Å². The molecule has 0 bridgehead atoms. The summed E-state index contributed by atoms with van der Waals surface area (Å²) < 4.78 is 0. The van der Waals surface area contributed by atoms with Gasteiger partial charge in [0.15, 0.2) is 0 Å². The normalized spacial score (nSPS) is 16.7. The lowest BCUT2D eigenvalue weighted by atomic mass is 10.0. The summed E-state index contributed by atoms with van der Waals surface area (Å²) in [6, 6.07) is 3.30. The number of carboxylic acid groups (broad SMARTS) is 1. The maximum Gasteiger partial charge on any atom is 0.354 e. The number of nitrogens with zero attached hydrogens (tertiary/aromatic N) is 1. The molecule has 0 atom stereocenters. The number of rotatable bonds is 4. The molecule has 2 rings (SSSR count). The summed E-state index contributed by atoms with van der Waals surface area (Å²) in [5.74, 6) is 2.25. The summed E-state index contributed by atoms with van der Waals surface area (Å²) in [5, 5.41) is 12.0. The van der Waals surface area contributed by atoms with Gasteiger partial charge in [0, 0.05) is 6.54 Å². The van der Waals surface area contributed by atoms with E-state index in [-0.39, 0.29) is 5.69 Å². The Morgan fingerprint density at radius 1 is 1.47 bits per heavy atom. The van der Waals surface area contributed by atoms with Crippen LogP contribution in [-0.4, -0.2) is 34.1 Å². The van der Waals surface area contributed by atoms with Crippen LogP contribution in [0.2, 0.25) is 0 Å². The van der Waals surface area contributed by atoms with Crippen LogP contribution in [0.4, 0.5) is 5.69 Å². The third kappa shape index (κ3) is 3.63. The largest absolute Gasteiger partial charge is 0.477 e. The lowest BCUT2D eigenvalue weighted by Crippen LogP contribution is -2.19. The van der Waals surface area contributed by atoms with E-state index >= 15 is 0 Å². The first kappa shape index (κ1) is 12.2. The van der Waals surface area contributed by atoms with E-state index in [0.717, 1.165) is 18.2 Å². The van der Waals surface area contributed by atoms with Crippen LogP contribution in [0.1, 0.15) is 23.3 Å². The predicted molar refractivity (Wildman–Crippen MR) is 69.7 cm³/mol. The maximum absolute atomic E-state index is 10.6. The topological polar surface area (TPSA) is 62.2 Å². The summed E-state index contributed by atoms with van der Waals surface area (Å²) >= 11 is 2.02. The van der Waals surface area contributed by atoms with E-state index in [1.54, 1.807) is 12.3 Å². The van der Waals surface area contributed by atoms with Crippen molar-refractivity contribution in [1.29, 1.82) is 0 Å². The second kappa shape index (κ2) is 5.91. The zero-order valence-corrected chi connectivity index (χ0v) is 10.4. The first-order chi connectivity index (χ1) is 8.25. The molecule has 1 aliphatic heterocycles. The molecular formula is C12H16N2O2S. The standard InChI is InChI=1S/C12H16N2O2S/c15-12(16)11-2-1-10(8-14-11)13-7-9-3-5-17-6-4-9/h1-2,8-9,13H,3-7H2,(H,15,16). The summed E-state index contributed by atoms with van der Waals surface area (Å²) in [5.41, 5.74) is 0.984. The van der Waals surface area contributed by atoms with Gasteiger partial charge in [-0.1, -0.05) is 0 Å². The van der Waals surface area contributed by atoms with Crippen LogP contribution < -0.4 is 5.32 Å². The van der Waals surface area contributed by atoms with Crippen molar-refractivity contribution in [3.05, 3.63) is 24.0 Å². The average Bonchev–Trinajstić information content (AvgIpc) is 2.38. The molecule has 17 heavy (non-hydrogen) atoms. The number of hydrogen-bond donors (Lipinski definition) is 2. The Balaban J connectivity index is 1.84. The molecule has 5 heteroatoms. The summed E-state index contributed by atoms with van der Waals surface area (Å²) in [6.45, 7) is 0.953. The minimum absolute atomic E-state index is 0.0876. The fraction of sp³-hybridized carbons (Fsp3) is 0.500. The predicted octanol–water partition coefficient (Wildman–Crippen LogP) is 2.33. The van der Waals surface area contributed by atoms with Gasteiger partial charge < -0.3 is 10.4 Å². The highest BCUT2D eigenvalue weighted by atomic mass is 32.2. The number of carboxylic acids is 1. The van der Waals surface area contributed by atoms with Crippen LogP contribution >= 0.6 is 11.8 Å². The molecule has 1 aromatic rings. The molecule has 0 unspecified atom stereocenters. The quantitative estimate of drug-likeness (QED) is 0.861. The molecule has 0 radical (unpaired) electrons. The van der Waals surface area contributed by atoms with Crippen LogP contribution in [0.15, 0.2) is 18.3 Å². The lowest BCUT2D eigenvalue weighted by molar-refractivity contribution is 0.0690. The minimum atomic E-state index is -0.985. The molecule has 92 valence electrons. The Morgan fingerprint density at radius 2 is 2.24 bits per heavy atom. The fourth-order valence-corrected chi connectivity index (χ4v) is 3.04. The Bertz CT molecular complexity index is 375. The van der Waals surface area contributed by atoms with Crippen LogP contribution in [0.25, 0.3) is 0 Å². The van der Waals surface area contributed by atoms with Crippen molar-refractivity contribution < 1.29 is 9.90 Å². The van der Waals surface area contributed by atoms with E-state index in [9.17, 15) is 4.79 Å². The second-order valence-corrected chi connectivity index (χ2v) is 5.40. The number of aromatic carboxylic acids is 1. The average molecular weight is 252 g/mol. The molecule has 1 aliphatic rings. The number of nitrogens with one attached hydrogen (secondary N) is 1. The van der Waals surface area contributed by atoms with Gasteiger partial charge in [0.05, 0.1) is 11.9 Å². The Kier molecular flexibility index (Phi) is 4.25. The zero-order valence-electron chi connectivity index (χ0n) is 9.56. The molecule has 0 aromatic carbocycles. The van der Waals surface area contributed by atoms with E-state index in [1.807, 2.05) is 11.8 Å². The smallest absolute Gasteiger partial charge is 0.354 e. The highest BCUT2D eigenvalue weighted by Gasteiger charge is 2.13. The molecule has 0 saturated carbocycles. The van der Waals surface area contributed by atoms with Crippen molar-refractivity contribution in [2.45, 2.75) is 12.8 Å². The van der Waals surface area contributed by atoms with Crippen molar-refractivity contribution in [2.75, 3.05) is 23.4 Å². The lowest BCUT2D eigenvalue weighted by Gasteiger charge is -2.21. The van der Waals surface area contributed by atoms with Crippen molar-refractivity contribution in [3.8, 4) is 0 Å². The van der Waals surface area contributed by atoms with Crippen molar-refractivity contribution in [3.63, 3.8) is 0 Å². The molecule has 0 amide bonds. The Hall–Kier alpha value is -1.23. The molecule has 2 heterocycles. The van der Waals surface area contributed by atoms with Crippen molar-refractivity contribution in [1.82, 2.24) is 4.98 Å². The van der Waals surface area contributed by atoms with Gasteiger partial charge in [0.25, 0.3) is 0 Å². The summed E-state index contributed by atoms with van der Waals surface area (Å²) in [4.78, 5) is 14.5. The van der Waals surface area contributed by atoms with E-state index in [0.29, 0.717) is 0 Å². The van der Waals surface area contributed by atoms with Gasteiger partial charge in [-0.15, -0.1) is 0 Å². The van der Waals surface area contributed by atoms with Crippen molar-refractivity contribution >= 4 is 23.4 Å². The van der Waals surface area contributed by atoms with Gasteiger partial charge in [-0.25, -0.2) is 9.78 Å². The first-order valence-electron chi connectivity index (χ1n) is 5.76. The third-order valence-corrected chi connectivity index (χ3v) is 3.97. The fourth-order valence-electron chi connectivity index (χ4n) is 1.84. The SMILES string of the molecule is O=C(O)c1ccc(NCC2CCSCC2)cn1. The molecule has 0 aliphatic carbocycles. The van der Waals surface area contributed by atoms with Gasteiger partial charge in [0.2, 0.25) is 0 Å². The van der Waals surface area contributed by atoms with Gasteiger partial charge in [-0.05, 0) is 42.4 Å². The van der Waals surface area contributed by atoms with Crippen LogP contribution in [-0.2, 0) is 0 Å². The molecule has 4 nitrogen and oxygen atoms in total. The summed E-state index contributed by atoms with van der Waals surface area (Å²) in [6.07, 6.45) is 4.11. The minimum Gasteiger partial charge on any atom is -0.477 e. The highest BCUT2D eigenvalue weighted by Crippen LogP contribution is 2.22.